The van der Waals surface area contributed by atoms with Gasteiger partial charge >= 0.3 is 12.4 Å². The number of aromatic nitrogens is 3. The first kappa shape index (κ1) is 22.1. The van der Waals surface area contributed by atoms with Crippen molar-refractivity contribution in [3.63, 3.8) is 0 Å². The smallest absolute Gasteiger partial charge is 0.344 e. The zero-order valence-electron chi connectivity index (χ0n) is 15.9. The van der Waals surface area contributed by atoms with Crippen LogP contribution in [0.25, 0.3) is 11.3 Å². The predicted octanol–water partition coefficient (Wildman–Crippen LogP) is 5.51. The summed E-state index contributed by atoms with van der Waals surface area (Å²) in [6.07, 6.45) is -7.83. The Morgan fingerprint density at radius 1 is 1.06 bits per heavy atom. The molecule has 0 saturated heterocycles. The Kier molecular flexibility index (Phi) is 5.40. The van der Waals surface area contributed by atoms with Crippen LogP contribution < -0.4 is 5.32 Å². The normalized spacial score (nSPS) is 16.2. The molecule has 0 fully saturated rings. The number of benzene rings is 1. The Balaban J connectivity index is 1.57. The summed E-state index contributed by atoms with van der Waals surface area (Å²) in [6.45, 7) is 0.376. The van der Waals surface area contributed by atoms with Crippen molar-refractivity contribution >= 4 is 17.5 Å². The van der Waals surface area contributed by atoms with Gasteiger partial charge in [-0.25, -0.2) is 0 Å². The van der Waals surface area contributed by atoms with E-state index in [-0.39, 0.29) is 21.8 Å². The Morgan fingerprint density at radius 2 is 1.81 bits per heavy atom. The first-order valence-corrected chi connectivity index (χ1v) is 9.59. The standard InChI is InChI=1S/C20H13ClF6N4O/c21-13-6-11(5-12(8-13)19(22,23)24)18(32)29-14-2-4-31-16(14)9-15(30-31)10-1-3-28-17(7-10)20(25,26)27/h1,3,5-9,14H,2,4H2,(H,29,32)/t14-/m1/s1. The molecule has 0 saturated carbocycles. The molecule has 1 N–H and O–H groups in total. The molecule has 0 unspecified atom stereocenters. The number of aryl methyl sites for hydroxylation is 1. The van der Waals surface area contributed by atoms with E-state index in [1.807, 2.05) is 0 Å². The van der Waals surface area contributed by atoms with Gasteiger partial charge in [-0.15, -0.1) is 0 Å². The number of hydrogen-bond acceptors (Lipinski definition) is 3. The molecule has 1 aliphatic rings. The summed E-state index contributed by atoms with van der Waals surface area (Å²) in [7, 11) is 0. The molecule has 3 heterocycles. The number of rotatable bonds is 3. The van der Waals surface area contributed by atoms with Crippen molar-refractivity contribution in [2.75, 3.05) is 0 Å². The van der Waals surface area contributed by atoms with E-state index >= 15 is 0 Å². The van der Waals surface area contributed by atoms with Crippen LogP contribution in [0.3, 0.4) is 0 Å². The lowest BCUT2D eigenvalue weighted by atomic mass is 10.1. The molecule has 2 aromatic heterocycles. The molecule has 1 aromatic carbocycles. The minimum Gasteiger partial charge on any atom is -0.344 e. The van der Waals surface area contributed by atoms with Gasteiger partial charge in [-0.1, -0.05) is 11.6 Å². The Bertz CT molecular complexity index is 1190. The first-order valence-electron chi connectivity index (χ1n) is 9.22. The van der Waals surface area contributed by atoms with E-state index in [0.29, 0.717) is 24.7 Å². The SMILES string of the molecule is O=C(N[C@@H]1CCn2nc(-c3ccnc(C(F)(F)F)c3)cc21)c1cc(Cl)cc(C(F)(F)F)c1. The molecule has 1 amide bonds. The third-order valence-corrected chi connectivity index (χ3v) is 5.15. The van der Waals surface area contributed by atoms with E-state index in [4.69, 9.17) is 11.6 Å². The van der Waals surface area contributed by atoms with E-state index < -0.39 is 35.6 Å². The summed E-state index contributed by atoms with van der Waals surface area (Å²) in [6, 6.07) is 5.75. The molecule has 1 aliphatic heterocycles. The number of halogens is 7. The molecule has 0 aliphatic carbocycles. The zero-order chi connectivity index (χ0) is 23.3. The summed E-state index contributed by atoms with van der Waals surface area (Å²) in [5, 5.41) is 6.68. The number of nitrogens with zero attached hydrogens (tertiary/aromatic N) is 3. The van der Waals surface area contributed by atoms with E-state index in [2.05, 4.69) is 15.4 Å². The van der Waals surface area contributed by atoms with Crippen LogP contribution in [0.15, 0.2) is 42.6 Å². The van der Waals surface area contributed by atoms with Crippen molar-refractivity contribution < 1.29 is 31.1 Å². The van der Waals surface area contributed by atoms with E-state index in [1.54, 1.807) is 0 Å². The molecule has 168 valence electrons. The summed E-state index contributed by atoms with van der Waals surface area (Å²) < 4.78 is 79.3. The summed E-state index contributed by atoms with van der Waals surface area (Å²) in [5.74, 6) is -0.762. The van der Waals surface area contributed by atoms with Crippen LogP contribution in [0.5, 0.6) is 0 Å². The van der Waals surface area contributed by atoms with Gasteiger partial charge in [0.15, 0.2) is 0 Å². The largest absolute Gasteiger partial charge is 0.433 e. The van der Waals surface area contributed by atoms with Crippen molar-refractivity contribution in [3.05, 3.63) is 70.1 Å². The minimum atomic E-state index is -4.67. The number of carbonyl (C=O) groups is 1. The van der Waals surface area contributed by atoms with Crippen LogP contribution >= 0.6 is 11.6 Å². The molecule has 5 nitrogen and oxygen atoms in total. The van der Waals surface area contributed by atoms with Crippen LogP contribution in [0.2, 0.25) is 5.02 Å². The Morgan fingerprint density at radius 3 is 2.50 bits per heavy atom. The molecule has 12 heteroatoms. The second-order valence-corrected chi connectivity index (χ2v) is 7.58. The van der Waals surface area contributed by atoms with Crippen molar-refractivity contribution in [2.45, 2.75) is 31.4 Å². The van der Waals surface area contributed by atoms with E-state index in [0.717, 1.165) is 24.4 Å². The number of carbonyl (C=O) groups excluding carboxylic acids is 1. The van der Waals surface area contributed by atoms with Gasteiger partial charge in [0.1, 0.15) is 5.69 Å². The molecule has 0 spiro atoms. The maximum atomic E-state index is 13.0. The second kappa shape index (κ2) is 7.80. The average molecular weight is 475 g/mol. The molecule has 4 rings (SSSR count). The molecular weight excluding hydrogens is 462 g/mol. The fraction of sp³-hybridized carbons (Fsp3) is 0.250. The topological polar surface area (TPSA) is 59.8 Å². The number of amides is 1. The maximum absolute atomic E-state index is 13.0. The molecular formula is C20H13ClF6N4O. The number of pyridine rings is 1. The summed E-state index contributed by atoms with van der Waals surface area (Å²) >= 11 is 5.73. The monoisotopic (exact) mass is 474 g/mol. The van der Waals surface area contributed by atoms with Crippen LogP contribution in [0.4, 0.5) is 26.3 Å². The van der Waals surface area contributed by atoms with Crippen molar-refractivity contribution in [3.8, 4) is 11.3 Å². The lowest BCUT2D eigenvalue weighted by Crippen LogP contribution is -2.27. The fourth-order valence-corrected chi connectivity index (χ4v) is 3.68. The number of fused-ring (bicyclic) bond motifs is 1. The summed E-state index contributed by atoms with van der Waals surface area (Å²) in [4.78, 5) is 15.9. The molecule has 3 aromatic rings. The van der Waals surface area contributed by atoms with Crippen LogP contribution in [0, 0.1) is 0 Å². The third kappa shape index (κ3) is 4.43. The van der Waals surface area contributed by atoms with E-state index in [9.17, 15) is 31.1 Å². The predicted molar refractivity (Wildman–Crippen MR) is 102 cm³/mol. The van der Waals surface area contributed by atoms with Gasteiger partial charge in [-0.05, 0) is 42.8 Å². The molecule has 32 heavy (non-hydrogen) atoms. The highest BCUT2D eigenvalue weighted by Gasteiger charge is 2.34. The van der Waals surface area contributed by atoms with E-state index in [1.165, 1.54) is 16.8 Å². The zero-order valence-corrected chi connectivity index (χ0v) is 16.7. The lowest BCUT2D eigenvalue weighted by molar-refractivity contribution is -0.141. The van der Waals surface area contributed by atoms with Gasteiger partial charge in [-0.3, -0.25) is 14.5 Å². The highest BCUT2D eigenvalue weighted by atomic mass is 35.5. The Labute approximate surface area is 182 Å². The highest BCUT2D eigenvalue weighted by molar-refractivity contribution is 6.31. The lowest BCUT2D eigenvalue weighted by Gasteiger charge is -2.14. The number of nitrogens with one attached hydrogen (secondary N) is 1. The first-order chi connectivity index (χ1) is 14.9. The molecule has 0 bridgehead atoms. The van der Waals surface area contributed by atoms with Gasteiger partial charge in [0.25, 0.3) is 5.91 Å². The van der Waals surface area contributed by atoms with Crippen molar-refractivity contribution in [1.82, 2.24) is 20.1 Å². The maximum Gasteiger partial charge on any atom is 0.433 e. The van der Waals surface area contributed by atoms with Gasteiger partial charge in [-0.2, -0.15) is 31.4 Å². The van der Waals surface area contributed by atoms with Gasteiger partial charge in [0.05, 0.1) is 23.0 Å². The third-order valence-electron chi connectivity index (χ3n) is 4.94. The van der Waals surface area contributed by atoms with Gasteiger partial charge in [0, 0.05) is 28.9 Å². The fourth-order valence-electron chi connectivity index (χ4n) is 3.45. The average Bonchev–Trinajstić information content (AvgIpc) is 3.28. The van der Waals surface area contributed by atoms with Gasteiger partial charge < -0.3 is 5.32 Å². The molecule has 1 atom stereocenters. The molecule has 0 radical (unpaired) electrons. The quantitative estimate of drug-likeness (QED) is 0.509. The minimum absolute atomic E-state index is 0.198. The van der Waals surface area contributed by atoms with Gasteiger partial charge in [0.2, 0.25) is 0 Å². The Hall–Kier alpha value is -3.08. The second-order valence-electron chi connectivity index (χ2n) is 7.15. The van der Waals surface area contributed by atoms with Crippen molar-refractivity contribution in [2.24, 2.45) is 0 Å². The van der Waals surface area contributed by atoms with Crippen LogP contribution in [0.1, 0.15) is 39.8 Å². The number of hydrogen-bond donors (Lipinski definition) is 1. The van der Waals surface area contributed by atoms with Crippen LogP contribution in [-0.4, -0.2) is 20.7 Å². The van der Waals surface area contributed by atoms with Crippen molar-refractivity contribution in [1.29, 1.82) is 0 Å². The summed E-state index contributed by atoms with van der Waals surface area (Å²) in [5.41, 5.74) is -1.39. The van der Waals surface area contributed by atoms with Crippen LogP contribution in [-0.2, 0) is 18.9 Å². The number of alkyl halides is 6. The highest BCUT2D eigenvalue weighted by Crippen LogP contribution is 2.34.